The molecule has 0 aliphatic heterocycles. The zero-order chi connectivity index (χ0) is 12.8. The summed E-state index contributed by atoms with van der Waals surface area (Å²) in [6, 6.07) is 5.67. The van der Waals surface area contributed by atoms with Crippen LogP contribution in [0.25, 0.3) is 0 Å². The summed E-state index contributed by atoms with van der Waals surface area (Å²) in [5.74, 6) is -0.0994. The van der Waals surface area contributed by atoms with Crippen molar-refractivity contribution in [1.29, 1.82) is 0 Å². The highest BCUT2D eigenvalue weighted by Crippen LogP contribution is 2.22. The number of nitrogens with two attached hydrogens (primary N) is 1. The molecule has 94 valence electrons. The summed E-state index contributed by atoms with van der Waals surface area (Å²) in [4.78, 5) is 11.5. The molecule has 1 aromatic rings. The van der Waals surface area contributed by atoms with Crippen molar-refractivity contribution in [2.75, 3.05) is 18.1 Å². The molecule has 0 unspecified atom stereocenters. The highest BCUT2D eigenvalue weighted by Gasteiger charge is 2.09. The van der Waals surface area contributed by atoms with Crippen molar-refractivity contribution in [3.63, 3.8) is 0 Å². The predicted molar refractivity (Wildman–Crippen MR) is 72.2 cm³/mol. The Hall–Kier alpha value is -1.71. The van der Waals surface area contributed by atoms with Crippen LogP contribution in [-0.4, -0.2) is 19.0 Å². The number of amides is 1. The number of nitrogens with one attached hydrogen (secondary N) is 2. The Morgan fingerprint density at radius 1 is 1.35 bits per heavy atom. The zero-order valence-electron chi connectivity index (χ0n) is 10.7. The lowest BCUT2D eigenvalue weighted by Gasteiger charge is -2.18. The first-order chi connectivity index (χ1) is 8.12. The largest absolute Gasteiger partial charge is 0.397 e. The summed E-state index contributed by atoms with van der Waals surface area (Å²) in [5, 5.41) is 5.96. The Balaban J connectivity index is 2.94. The van der Waals surface area contributed by atoms with Crippen LogP contribution in [0.4, 0.5) is 11.4 Å². The van der Waals surface area contributed by atoms with E-state index in [-0.39, 0.29) is 5.91 Å². The van der Waals surface area contributed by atoms with E-state index >= 15 is 0 Å². The van der Waals surface area contributed by atoms with Crippen LogP contribution in [0, 0.1) is 0 Å². The average Bonchev–Trinajstić information content (AvgIpc) is 2.36. The zero-order valence-corrected chi connectivity index (χ0v) is 10.7. The molecule has 0 spiro atoms. The van der Waals surface area contributed by atoms with Crippen LogP contribution in [0.1, 0.15) is 37.0 Å². The molecule has 0 bridgehead atoms. The van der Waals surface area contributed by atoms with E-state index in [1.807, 2.05) is 0 Å². The SMILES string of the molecule is CCC(CC)Nc1cc(C(=O)NC)ccc1N. The van der Waals surface area contributed by atoms with Crippen molar-refractivity contribution in [1.82, 2.24) is 5.32 Å². The van der Waals surface area contributed by atoms with E-state index in [9.17, 15) is 4.79 Å². The lowest BCUT2D eigenvalue weighted by molar-refractivity contribution is 0.0963. The van der Waals surface area contributed by atoms with Crippen molar-refractivity contribution in [2.24, 2.45) is 0 Å². The third-order valence-electron chi connectivity index (χ3n) is 2.89. The minimum Gasteiger partial charge on any atom is -0.397 e. The average molecular weight is 235 g/mol. The Labute approximate surface area is 103 Å². The van der Waals surface area contributed by atoms with Crippen LogP contribution in [0.3, 0.4) is 0 Å². The molecule has 1 aromatic carbocycles. The van der Waals surface area contributed by atoms with Gasteiger partial charge < -0.3 is 16.4 Å². The number of carbonyl (C=O) groups excluding carboxylic acids is 1. The monoisotopic (exact) mass is 235 g/mol. The molecule has 0 heterocycles. The van der Waals surface area contributed by atoms with Gasteiger partial charge in [-0.2, -0.15) is 0 Å². The normalized spacial score (nSPS) is 10.4. The predicted octanol–water partition coefficient (Wildman–Crippen LogP) is 2.23. The number of benzene rings is 1. The van der Waals surface area contributed by atoms with E-state index < -0.39 is 0 Å². The Bertz CT molecular complexity index is 386. The minimum atomic E-state index is -0.0994. The fourth-order valence-corrected chi connectivity index (χ4v) is 1.68. The topological polar surface area (TPSA) is 67.2 Å². The molecule has 0 fully saturated rings. The Morgan fingerprint density at radius 3 is 2.53 bits per heavy atom. The van der Waals surface area contributed by atoms with Crippen molar-refractivity contribution in [3.05, 3.63) is 23.8 Å². The van der Waals surface area contributed by atoms with E-state index in [1.165, 1.54) is 0 Å². The molecular formula is C13H21N3O. The highest BCUT2D eigenvalue weighted by atomic mass is 16.1. The van der Waals surface area contributed by atoms with Gasteiger partial charge in [0.25, 0.3) is 5.91 Å². The standard InChI is InChI=1S/C13H21N3O/c1-4-10(5-2)16-12-8-9(13(17)15-3)6-7-11(12)14/h6-8,10,16H,4-5,14H2,1-3H3,(H,15,17). The Kier molecular flexibility index (Phi) is 4.82. The molecule has 0 radical (unpaired) electrons. The van der Waals surface area contributed by atoms with Crippen LogP contribution in [0.15, 0.2) is 18.2 Å². The molecule has 0 saturated heterocycles. The fraction of sp³-hybridized carbons (Fsp3) is 0.462. The fourth-order valence-electron chi connectivity index (χ4n) is 1.68. The number of nitrogen functional groups attached to an aromatic ring is 1. The van der Waals surface area contributed by atoms with Crippen molar-refractivity contribution < 1.29 is 4.79 Å². The van der Waals surface area contributed by atoms with Gasteiger partial charge in [0.05, 0.1) is 11.4 Å². The van der Waals surface area contributed by atoms with Gasteiger partial charge >= 0.3 is 0 Å². The van der Waals surface area contributed by atoms with Gasteiger partial charge in [-0.05, 0) is 31.0 Å². The maximum Gasteiger partial charge on any atom is 0.251 e. The lowest BCUT2D eigenvalue weighted by Crippen LogP contribution is -2.20. The molecule has 0 atom stereocenters. The van der Waals surface area contributed by atoms with E-state index in [2.05, 4.69) is 24.5 Å². The van der Waals surface area contributed by atoms with E-state index in [1.54, 1.807) is 25.2 Å². The van der Waals surface area contributed by atoms with Gasteiger partial charge in [0.1, 0.15) is 0 Å². The van der Waals surface area contributed by atoms with Gasteiger partial charge in [0.15, 0.2) is 0 Å². The smallest absolute Gasteiger partial charge is 0.251 e. The summed E-state index contributed by atoms with van der Waals surface area (Å²) in [6.07, 6.45) is 2.06. The third-order valence-corrected chi connectivity index (χ3v) is 2.89. The molecule has 4 nitrogen and oxygen atoms in total. The maximum atomic E-state index is 11.5. The molecule has 0 aliphatic carbocycles. The molecule has 0 aromatic heterocycles. The second-order valence-electron chi connectivity index (χ2n) is 4.04. The lowest BCUT2D eigenvalue weighted by atomic mass is 10.1. The summed E-state index contributed by atoms with van der Waals surface area (Å²) in [7, 11) is 1.62. The number of carbonyl (C=O) groups is 1. The van der Waals surface area contributed by atoms with Crippen molar-refractivity contribution >= 4 is 17.3 Å². The van der Waals surface area contributed by atoms with Crippen LogP contribution in [0.5, 0.6) is 0 Å². The van der Waals surface area contributed by atoms with Crippen LogP contribution in [-0.2, 0) is 0 Å². The van der Waals surface area contributed by atoms with Crippen LogP contribution >= 0.6 is 0 Å². The van der Waals surface area contributed by atoms with Gasteiger partial charge in [0, 0.05) is 18.7 Å². The van der Waals surface area contributed by atoms with Crippen molar-refractivity contribution in [2.45, 2.75) is 32.7 Å². The molecule has 0 aliphatic rings. The summed E-state index contributed by atoms with van der Waals surface area (Å²) in [5.41, 5.74) is 8.02. The summed E-state index contributed by atoms with van der Waals surface area (Å²) in [6.45, 7) is 4.25. The molecule has 17 heavy (non-hydrogen) atoms. The van der Waals surface area contributed by atoms with E-state index in [0.29, 0.717) is 17.3 Å². The van der Waals surface area contributed by atoms with Gasteiger partial charge in [-0.3, -0.25) is 4.79 Å². The van der Waals surface area contributed by atoms with Gasteiger partial charge in [0.2, 0.25) is 0 Å². The first-order valence-corrected chi connectivity index (χ1v) is 6.00. The van der Waals surface area contributed by atoms with E-state index in [0.717, 1.165) is 18.5 Å². The van der Waals surface area contributed by atoms with Crippen molar-refractivity contribution in [3.8, 4) is 0 Å². The molecule has 1 rings (SSSR count). The first kappa shape index (κ1) is 13.4. The quantitative estimate of drug-likeness (QED) is 0.686. The molecule has 0 saturated carbocycles. The third kappa shape index (κ3) is 3.37. The van der Waals surface area contributed by atoms with Gasteiger partial charge in [-0.15, -0.1) is 0 Å². The number of hydrogen-bond donors (Lipinski definition) is 3. The first-order valence-electron chi connectivity index (χ1n) is 6.00. The second kappa shape index (κ2) is 6.13. The number of anilines is 2. The second-order valence-corrected chi connectivity index (χ2v) is 4.04. The van der Waals surface area contributed by atoms with E-state index in [4.69, 9.17) is 5.73 Å². The van der Waals surface area contributed by atoms with Crippen LogP contribution in [0.2, 0.25) is 0 Å². The molecule has 4 heteroatoms. The molecule has 1 amide bonds. The van der Waals surface area contributed by atoms with Crippen LogP contribution < -0.4 is 16.4 Å². The minimum absolute atomic E-state index is 0.0994. The summed E-state index contributed by atoms with van der Waals surface area (Å²) < 4.78 is 0. The molecular weight excluding hydrogens is 214 g/mol. The summed E-state index contributed by atoms with van der Waals surface area (Å²) >= 11 is 0. The van der Waals surface area contributed by atoms with Gasteiger partial charge in [-0.1, -0.05) is 13.8 Å². The highest BCUT2D eigenvalue weighted by molar-refractivity contribution is 5.96. The van der Waals surface area contributed by atoms with Gasteiger partial charge in [-0.25, -0.2) is 0 Å². The number of rotatable bonds is 5. The molecule has 4 N–H and O–H groups in total. The number of hydrogen-bond acceptors (Lipinski definition) is 3. The maximum absolute atomic E-state index is 11.5. The Morgan fingerprint density at radius 2 is 2.00 bits per heavy atom.